The highest BCUT2D eigenvalue weighted by atomic mass is 19.4. The number of rotatable bonds is 3. The first-order valence-electron chi connectivity index (χ1n) is 5.82. The fraction of sp³-hybridized carbons (Fsp3) is 0.417. The number of hydrogen-bond acceptors (Lipinski definition) is 3. The Morgan fingerprint density at radius 2 is 2.21 bits per heavy atom. The van der Waals surface area contributed by atoms with E-state index in [2.05, 4.69) is 10.2 Å². The molecule has 1 aliphatic heterocycles. The summed E-state index contributed by atoms with van der Waals surface area (Å²) < 4.78 is 35.7. The van der Waals surface area contributed by atoms with Gasteiger partial charge in [-0.25, -0.2) is 5.48 Å². The van der Waals surface area contributed by atoms with Crippen molar-refractivity contribution >= 4 is 11.6 Å². The lowest BCUT2D eigenvalue weighted by Crippen LogP contribution is -2.30. The van der Waals surface area contributed by atoms with Crippen molar-refractivity contribution in [1.82, 2.24) is 5.48 Å². The normalized spacial score (nSPS) is 14.5. The molecular formula is C12H13F3N2O2. The molecule has 0 atom stereocenters. The largest absolute Gasteiger partial charge is 0.414 e. The van der Waals surface area contributed by atoms with Crippen LogP contribution in [-0.2, 0) is 11.3 Å². The first kappa shape index (κ1) is 13.7. The molecule has 1 heterocycles. The van der Waals surface area contributed by atoms with Crippen molar-refractivity contribution in [3.63, 3.8) is 0 Å². The predicted molar refractivity (Wildman–Crippen MR) is 62.7 cm³/mol. The molecule has 7 heteroatoms. The first-order valence-corrected chi connectivity index (χ1v) is 5.82. The van der Waals surface area contributed by atoms with Crippen LogP contribution in [0.5, 0.6) is 0 Å². The minimum absolute atomic E-state index is 0.340. The zero-order chi connectivity index (χ0) is 13.9. The van der Waals surface area contributed by atoms with Crippen molar-refractivity contribution in [3.05, 3.63) is 29.3 Å². The Labute approximate surface area is 107 Å². The van der Waals surface area contributed by atoms with E-state index in [0.717, 1.165) is 24.2 Å². The quantitative estimate of drug-likeness (QED) is 0.831. The monoisotopic (exact) mass is 274 g/mol. The highest BCUT2D eigenvalue weighted by Crippen LogP contribution is 2.25. The van der Waals surface area contributed by atoms with E-state index in [4.69, 9.17) is 0 Å². The van der Waals surface area contributed by atoms with Crippen molar-refractivity contribution < 1.29 is 22.8 Å². The molecule has 0 unspecified atom stereocenters. The summed E-state index contributed by atoms with van der Waals surface area (Å²) in [5.41, 5.74) is 3.81. The Morgan fingerprint density at radius 1 is 1.42 bits per heavy atom. The lowest BCUT2D eigenvalue weighted by molar-refractivity contribution is -0.184. The molecule has 2 rings (SSSR count). The molecule has 1 aliphatic rings. The molecule has 2 N–H and O–H groups in total. The topological polar surface area (TPSA) is 50.4 Å². The van der Waals surface area contributed by atoms with E-state index in [-0.39, 0.29) is 0 Å². The fourth-order valence-electron chi connectivity index (χ4n) is 1.96. The summed E-state index contributed by atoms with van der Waals surface area (Å²) in [5, 5.41) is 3.14. The lowest BCUT2D eigenvalue weighted by atomic mass is 9.97. The van der Waals surface area contributed by atoms with Gasteiger partial charge in [-0.05, 0) is 30.5 Å². The minimum atomic E-state index is -4.47. The van der Waals surface area contributed by atoms with Gasteiger partial charge in [0, 0.05) is 17.8 Å². The number of nitrogens with one attached hydrogen (secondary N) is 2. The predicted octanol–water partition coefficient (Wildman–Crippen LogP) is 2.27. The molecule has 19 heavy (non-hydrogen) atoms. The van der Waals surface area contributed by atoms with E-state index in [1.807, 2.05) is 11.5 Å². The van der Waals surface area contributed by atoms with E-state index >= 15 is 0 Å². The summed E-state index contributed by atoms with van der Waals surface area (Å²) in [7, 11) is 0. The van der Waals surface area contributed by atoms with Crippen molar-refractivity contribution in [2.45, 2.75) is 19.0 Å². The Kier molecular flexibility index (Phi) is 3.94. The third-order valence-corrected chi connectivity index (χ3v) is 2.74. The van der Waals surface area contributed by atoms with Crippen LogP contribution in [0.25, 0.3) is 0 Å². The summed E-state index contributed by atoms with van der Waals surface area (Å²) in [4.78, 5) is 15.9. The minimum Gasteiger partial charge on any atom is -0.385 e. The van der Waals surface area contributed by atoms with Crippen molar-refractivity contribution in [3.8, 4) is 0 Å². The van der Waals surface area contributed by atoms with Gasteiger partial charge in [-0.15, -0.1) is 0 Å². The summed E-state index contributed by atoms with van der Waals surface area (Å²) >= 11 is 0. The van der Waals surface area contributed by atoms with Crippen molar-refractivity contribution in [1.29, 1.82) is 0 Å². The van der Waals surface area contributed by atoms with Gasteiger partial charge in [-0.3, -0.25) is 9.63 Å². The number of hydroxylamine groups is 1. The molecule has 0 bridgehead atoms. The third-order valence-electron chi connectivity index (χ3n) is 2.74. The third kappa shape index (κ3) is 3.60. The van der Waals surface area contributed by atoms with Gasteiger partial charge < -0.3 is 5.32 Å². The average molecular weight is 274 g/mol. The summed E-state index contributed by atoms with van der Waals surface area (Å²) in [6.07, 6.45) is -2.88. The van der Waals surface area contributed by atoms with Crippen LogP contribution in [-0.4, -0.2) is 25.2 Å². The van der Waals surface area contributed by atoms with Crippen LogP contribution in [0.4, 0.5) is 18.9 Å². The van der Waals surface area contributed by atoms with Crippen LogP contribution >= 0.6 is 0 Å². The SMILES string of the molecule is O=C(NOCC(F)(F)F)c1cccc2c1CCCN2. The van der Waals surface area contributed by atoms with Gasteiger partial charge in [0.1, 0.15) is 0 Å². The number of benzene rings is 1. The number of amides is 1. The maximum Gasteiger partial charge on any atom is 0.414 e. The number of carbonyl (C=O) groups excluding carboxylic acids is 1. The summed E-state index contributed by atoms with van der Waals surface area (Å²) in [6.45, 7) is -0.686. The molecule has 0 saturated heterocycles. The van der Waals surface area contributed by atoms with Crippen LogP contribution in [0.3, 0.4) is 0 Å². The Morgan fingerprint density at radius 3 is 2.95 bits per heavy atom. The first-order chi connectivity index (χ1) is 8.97. The summed E-state index contributed by atoms with van der Waals surface area (Å²) in [5.74, 6) is -0.662. The van der Waals surface area contributed by atoms with Gasteiger partial charge in [-0.1, -0.05) is 6.07 Å². The van der Waals surface area contributed by atoms with Crippen LogP contribution in [0, 0.1) is 0 Å². The van der Waals surface area contributed by atoms with Crippen LogP contribution < -0.4 is 10.8 Å². The van der Waals surface area contributed by atoms with Crippen LogP contribution in [0.15, 0.2) is 18.2 Å². The number of hydrogen-bond donors (Lipinski definition) is 2. The van der Waals surface area contributed by atoms with Crippen LogP contribution in [0.1, 0.15) is 22.3 Å². The molecular weight excluding hydrogens is 261 g/mol. The number of alkyl halides is 3. The Hall–Kier alpha value is -1.76. The van der Waals surface area contributed by atoms with Gasteiger partial charge in [0.2, 0.25) is 0 Å². The highest BCUT2D eigenvalue weighted by Gasteiger charge is 2.28. The van der Waals surface area contributed by atoms with E-state index in [1.54, 1.807) is 12.1 Å². The van der Waals surface area contributed by atoms with Gasteiger partial charge in [-0.2, -0.15) is 13.2 Å². The molecule has 104 valence electrons. The number of carbonyl (C=O) groups is 1. The van der Waals surface area contributed by atoms with Crippen molar-refractivity contribution in [2.24, 2.45) is 0 Å². The zero-order valence-corrected chi connectivity index (χ0v) is 10.0. The Bertz CT molecular complexity index is 475. The summed E-state index contributed by atoms with van der Waals surface area (Å²) in [6, 6.07) is 5.08. The smallest absolute Gasteiger partial charge is 0.385 e. The van der Waals surface area contributed by atoms with E-state index < -0.39 is 18.7 Å². The lowest BCUT2D eigenvalue weighted by Gasteiger charge is -2.20. The molecule has 1 aromatic rings. The number of anilines is 1. The molecule has 0 aromatic heterocycles. The molecule has 1 amide bonds. The highest BCUT2D eigenvalue weighted by molar-refractivity contribution is 5.96. The second-order valence-electron chi connectivity index (χ2n) is 4.20. The maximum atomic E-state index is 11.9. The maximum absolute atomic E-state index is 11.9. The second kappa shape index (κ2) is 5.48. The molecule has 0 fully saturated rings. The van der Waals surface area contributed by atoms with Gasteiger partial charge in [0.15, 0.2) is 6.61 Å². The van der Waals surface area contributed by atoms with Crippen LogP contribution in [0.2, 0.25) is 0 Å². The molecule has 0 radical (unpaired) electrons. The van der Waals surface area contributed by atoms with E-state index in [0.29, 0.717) is 12.0 Å². The van der Waals surface area contributed by atoms with E-state index in [9.17, 15) is 18.0 Å². The standard InChI is InChI=1S/C12H13F3N2O2/c13-12(14,15)7-19-17-11(18)9-3-1-5-10-8(9)4-2-6-16-10/h1,3,5,16H,2,4,6-7H2,(H,17,18). The number of halogens is 3. The van der Waals surface area contributed by atoms with Gasteiger partial charge in [0.25, 0.3) is 5.91 Å². The van der Waals surface area contributed by atoms with Crippen molar-refractivity contribution in [2.75, 3.05) is 18.5 Å². The molecule has 0 aliphatic carbocycles. The molecule has 1 aromatic carbocycles. The zero-order valence-electron chi connectivity index (χ0n) is 10.0. The average Bonchev–Trinajstić information content (AvgIpc) is 2.36. The van der Waals surface area contributed by atoms with Gasteiger partial charge in [0.05, 0.1) is 0 Å². The Balaban J connectivity index is 2.03. The molecule has 0 saturated carbocycles. The fourth-order valence-corrected chi connectivity index (χ4v) is 1.96. The number of fused-ring (bicyclic) bond motifs is 1. The second-order valence-corrected chi connectivity index (χ2v) is 4.20. The van der Waals surface area contributed by atoms with E-state index in [1.165, 1.54) is 0 Å². The molecule has 4 nitrogen and oxygen atoms in total. The van der Waals surface area contributed by atoms with Gasteiger partial charge >= 0.3 is 6.18 Å². The molecule has 0 spiro atoms.